The van der Waals surface area contributed by atoms with Crippen molar-refractivity contribution >= 4 is 16.9 Å². The maximum Gasteiger partial charge on any atom is 0.159 e. The van der Waals surface area contributed by atoms with Gasteiger partial charge in [0.2, 0.25) is 0 Å². The fourth-order valence-corrected chi connectivity index (χ4v) is 1.18. The standard InChI is InChI=1S/C8H7N5.C2H6/c1-13-8-6(4-11-13)2-5(3-9)7(10)12-8;1-2/h2,4H,1H3,(H2,10,12);1-2H3. The van der Waals surface area contributed by atoms with Crippen LogP contribution in [-0.2, 0) is 7.05 Å². The van der Waals surface area contributed by atoms with Crippen molar-refractivity contribution in [3.63, 3.8) is 0 Å². The van der Waals surface area contributed by atoms with Gasteiger partial charge in [0.25, 0.3) is 0 Å². The van der Waals surface area contributed by atoms with E-state index in [2.05, 4.69) is 10.1 Å². The molecule has 5 nitrogen and oxygen atoms in total. The maximum absolute atomic E-state index is 8.69. The molecule has 0 bridgehead atoms. The fraction of sp³-hybridized carbons (Fsp3) is 0.300. The average Bonchev–Trinajstić information content (AvgIpc) is 2.62. The summed E-state index contributed by atoms with van der Waals surface area (Å²) >= 11 is 0. The fourth-order valence-electron chi connectivity index (χ4n) is 1.18. The van der Waals surface area contributed by atoms with E-state index in [4.69, 9.17) is 11.0 Å². The van der Waals surface area contributed by atoms with E-state index in [-0.39, 0.29) is 5.82 Å². The second-order valence-electron chi connectivity index (χ2n) is 2.71. The van der Waals surface area contributed by atoms with Gasteiger partial charge in [-0.15, -0.1) is 0 Å². The largest absolute Gasteiger partial charge is 0.383 e. The number of nitrogen functional groups attached to an aromatic ring is 1. The second kappa shape index (κ2) is 4.42. The Hall–Kier alpha value is -2.09. The average molecular weight is 203 g/mol. The molecule has 0 saturated carbocycles. The van der Waals surface area contributed by atoms with Crippen LogP contribution in [0.3, 0.4) is 0 Å². The predicted octanol–water partition coefficient (Wildman–Crippen LogP) is 1.45. The molecule has 0 aromatic carbocycles. The molecule has 0 unspecified atom stereocenters. The third kappa shape index (κ3) is 1.89. The van der Waals surface area contributed by atoms with Crippen molar-refractivity contribution in [2.75, 3.05) is 5.73 Å². The number of rotatable bonds is 0. The van der Waals surface area contributed by atoms with Crippen molar-refractivity contribution in [3.05, 3.63) is 17.8 Å². The van der Waals surface area contributed by atoms with Crippen molar-refractivity contribution in [2.45, 2.75) is 13.8 Å². The summed E-state index contributed by atoms with van der Waals surface area (Å²) in [5.74, 6) is 0.249. The summed E-state index contributed by atoms with van der Waals surface area (Å²) < 4.78 is 1.62. The van der Waals surface area contributed by atoms with Crippen LogP contribution in [-0.4, -0.2) is 14.8 Å². The van der Waals surface area contributed by atoms with Crippen LogP contribution in [0.2, 0.25) is 0 Å². The number of nitrogens with zero attached hydrogens (tertiary/aromatic N) is 4. The van der Waals surface area contributed by atoms with E-state index in [9.17, 15) is 0 Å². The van der Waals surface area contributed by atoms with Gasteiger partial charge in [-0.2, -0.15) is 10.4 Å². The summed E-state index contributed by atoms with van der Waals surface area (Å²) in [6, 6.07) is 3.66. The van der Waals surface area contributed by atoms with Gasteiger partial charge in [0.15, 0.2) is 5.65 Å². The highest BCUT2D eigenvalue weighted by Crippen LogP contribution is 2.16. The van der Waals surface area contributed by atoms with Gasteiger partial charge in [0, 0.05) is 12.4 Å². The number of nitriles is 1. The molecule has 2 rings (SSSR count). The summed E-state index contributed by atoms with van der Waals surface area (Å²) in [6.45, 7) is 4.00. The summed E-state index contributed by atoms with van der Waals surface area (Å²) in [5.41, 5.74) is 6.63. The summed E-state index contributed by atoms with van der Waals surface area (Å²) in [6.07, 6.45) is 1.66. The zero-order valence-corrected chi connectivity index (χ0v) is 9.02. The molecule has 0 radical (unpaired) electrons. The molecular weight excluding hydrogens is 190 g/mol. The van der Waals surface area contributed by atoms with Crippen molar-refractivity contribution in [1.29, 1.82) is 5.26 Å². The molecule has 15 heavy (non-hydrogen) atoms. The normalized spacial score (nSPS) is 9.20. The Kier molecular flexibility index (Phi) is 3.24. The quantitative estimate of drug-likeness (QED) is 0.702. The lowest BCUT2D eigenvalue weighted by Gasteiger charge is -1.97. The van der Waals surface area contributed by atoms with Crippen LogP contribution >= 0.6 is 0 Å². The molecule has 2 aromatic heterocycles. The van der Waals surface area contributed by atoms with Gasteiger partial charge in [0.05, 0.1) is 11.8 Å². The van der Waals surface area contributed by atoms with E-state index in [1.54, 1.807) is 24.0 Å². The van der Waals surface area contributed by atoms with Crippen molar-refractivity contribution in [1.82, 2.24) is 14.8 Å². The second-order valence-corrected chi connectivity index (χ2v) is 2.71. The Morgan fingerprint density at radius 3 is 2.73 bits per heavy atom. The highest BCUT2D eigenvalue weighted by molar-refractivity contribution is 5.79. The molecule has 0 amide bonds. The first kappa shape index (κ1) is 11.0. The molecular formula is C10H13N5. The van der Waals surface area contributed by atoms with E-state index < -0.39 is 0 Å². The number of fused-ring (bicyclic) bond motifs is 1. The first-order valence-electron chi connectivity index (χ1n) is 4.70. The Bertz CT molecular complexity index is 506. The van der Waals surface area contributed by atoms with Crippen LogP contribution in [0.1, 0.15) is 19.4 Å². The van der Waals surface area contributed by atoms with Crippen LogP contribution < -0.4 is 5.73 Å². The number of pyridine rings is 1. The molecule has 2 heterocycles. The van der Waals surface area contributed by atoms with E-state index in [1.165, 1.54) is 0 Å². The van der Waals surface area contributed by atoms with Crippen molar-refractivity contribution in [2.24, 2.45) is 7.05 Å². The van der Waals surface area contributed by atoms with Crippen molar-refractivity contribution < 1.29 is 0 Å². The topological polar surface area (TPSA) is 80.5 Å². The molecule has 78 valence electrons. The first-order valence-corrected chi connectivity index (χ1v) is 4.70. The molecule has 2 N–H and O–H groups in total. The number of anilines is 1. The van der Waals surface area contributed by atoms with Crippen LogP contribution in [0.15, 0.2) is 12.3 Å². The van der Waals surface area contributed by atoms with Crippen LogP contribution in [0.25, 0.3) is 11.0 Å². The van der Waals surface area contributed by atoms with Gasteiger partial charge in [0.1, 0.15) is 11.9 Å². The monoisotopic (exact) mass is 203 g/mol. The molecule has 0 atom stereocenters. The highest BCUT2D eigenvalue weighted by Gasteiger charge is 2.05. The van der Waals surface area contributed by atoms with Gasteiger partial charge in [-0.25, -0.2) is 4.98 Å². The van der Waals surface area contributed by atoms with Gasteiger partial charge < -0.3 is 5.73 Å². The Morgan fingerprint density at radius 2 is 2.13 bits per heavy atom. The summed E-state index contributed by atoms with van der Waals surface area (Å²) in [4.78, 5) is 4.06. The third-order valence-corrected chi connectivity index (χ3v) is 1.86. The number of hydrogen-bond donors (Lipinski definition) is 1. The smallest absolute Gasteiger partial charge is 0.159 e. The molecule has 0 aliphatic rings. The molecule has 0 fully saturated rings. The molecule has 5 heteroatoms. The van der Waals surface area contributed by atoms with Crippen LogP contribution in [0.5, 0.6) is 0 Å². The summed E-state index contributed by atoms with van der Waals surface area (Å²) in [5, 5.41) is 13.5. The van der Waals surface area contributed by atoms with E-state index in [0.717, 1.165) is 5.39 Å². The minimum Gasteiger partial charge on any atom is -0.383 e. The SMILES string of the molecule is CC.Cn1ncc2cc(C#N)c(N)nc21. The van der Waals surface area contributed by atoms with Crippen LogP contribution in [0, 0.1) is 11.3 Å². The highest BCUT2D eigenvalue weighted by atomic mass is 15.3. The number of aryl methyl sites for hydroxylation is 1. The molecule has 0 aliphatic carbocycles. The van der Waals surface area contributed by atoms with Gasteiger partial charge in [-0.1, -0.05) is 13.8 Å². The Morgan fingerprint density at radius 1 is 1.47 bits per heavy atom. The number of nitrogens with two attached hydrogens (primary N) is 1. The molecule has 2 aromatic rings. The van der Waals surface area contributed by atoms with E-state index >= 15 is 0 Å². The third-order valence-electron chi connectivity index (χ3n) is 1.86. The maximum atomic E-state index is 8.69. The minimum atomic E-state index is 0.249. The van der Waals surface area contributed by atoms with E-state index in [1.807, 2.05) is 19.9 Å². The summed E-state index contributed by atoms with van der Waals surface area (Å²) in [7, 11) is 1.78. The number of aromatic nitrogens is 3. The minimum absolute atomic E-state index is 0.249. The van der Waals surface area contributed by atoms with Crippen LogP contribution in [0.4, 0.5) is 5.82 Å². The predicted molar refractivity (Wildman–Crippen MR) is 59.0 cm³/mol. The zero-order valence-electron chi connectivity index (χ0n) is 9.02. The van der Waals surface area contributed by atoms with E-state index in [0.29, 0.717) is 11.2 Å². The van der Waals surface area contributed by atoms with Gasteiger partial charge >= 0.3 is 0 Å². The molecule has 0 saturated heterocycles. The lowest BCUT2D eigenvalue weighted by molar-refractivity contribution is 0.787. The van der Waals surface area contributed by atoms with Gasteiger partial charge in [-0.05, 0) is 6.07 Å². The first-order chi connectivity index (χ1) is 7.22. The number of hydrogen-bond acceptors (Lipinski definition) is 4. The Labute approximate surface area is 88.1 Å². The lowest BCUT2D eigenvalue weighted by Crippen LogP contribution is -1.98. The molecule has 0 spiro atoms. The van der Waals surface area contributed by atoms with Gasteiger partial charge in [-0.3, -0.25) is 4.68 Å². The van der Waals surface area contributed by atoms with Crippen molar-refractivity contribution in [3.8, 4) is 6.07 Å². The Balaban J connectivity index is 0.000000531. The molecule has 0 aliphatic heterocycles. The lowest BCUT2D eigenvalue weighted by atomic mass is 10.2. The zero-order chi connectivity index (χ0) is 11.4.